The van der Waals surface area contributed by atoms with Gasteiger partial charge in [0.2, 0.25) is 5.88 Å². The van der Waals surface area contributed by atoms with E-state index in [0.717, 1.165) is 6.07 Å². The van der Waals surface area contributed by atoms with Crippen LogP contribution in [-0.2, 0) is 6.61 Å². The summed E-state index contributed by atoms with van der Waals surface area (Å²) in [6.45, 7) is -2.31. The SMILES string of the molecule is OCc1cc(F)cnc1OCC(F)(F)C(F)F. The van der Waals surface area contributed by atoms with Crippen molar-refractivity contribution in [1.82, 2.24) is 4.98 Å². The van der Waals surface area contributed by atoms with Crippen LogP contribution >= 0.6 is 0 Å². The molecule has 0 aliphatic rings. The standard InChI is InChI=1S/C9H8F5NO2/c10-6-1-5(3-16)7(15-2-6)17-4-9(13,14)8(11)12/h1-2,8,16H,3-4H2. The Bertz CT molecular complexity index is 386. The lowest BCUT2D eigenvalue weighted by atomic mass is 10.3. The van der Waals surface area contributed by atoms with E-state index in [9.17, 15) is 22.0 Å². The Kier molecular flexibility index (Phi) is 4.22. The molecule has 0 amide bonds. The second kappa shape index (κ2) is 5.26. The average molecular weight is 257 g/mol. The molecule has 0 bridgehead atoms. The van der Waals surface area contributed by atoms with Crippen molar-refractivity contribution in [3.8, 4) is 5.88 Å². The van der Waals surface area contributed by atoms with Gasteiger partial charge in [-0.05, 0) is 6.07 Å². The van der Waals surface area contributed by atoms with Crippen LogP contribution in [0.25, 0.3) is 0 Å². The lowest BCUT2D eigenvalue weighted by Gasteiger charge is -2.16. The maximum absolute atomic E-state index is 12.6. The summed E-state index contributed by atoms with van der Waals surface area (Å²) < 4.78 is 65.6. The Morgan fingerprint density at radius 2 is 2.06 bits per heavy atom. The van der Waals surface area contributed by atoms with E-state index in [0.29, 0.717) is 6.20 Å². The Hall–Kier alpha value is -1.44. The summed E-state index contributed by atoms with van der Waals surface area (Å²) in [7, 11) is 0. The summed E-state index contributed by atoms with van der Waals surface area (Å²) in [5.41, 5.74) is -0.199. The molecule has 0 unspecified atom stereocenters. The highest BCUT2D eigenvalue weighted by molar-refractivity contribution is 5.25. The zero-order valence-corrected chi connectivity index (χ0v) is 8.34. The predicted molar refractivity (Wildman–Crippen MR) is 46.6 cm³/mol. The molecule has 96 valence electrons. The van der Waals surface area contributed by atoms with E-state index in [1.165, 1.54) is 0 Å². The van der Waals surface area contributed by atoms with Gasteiger partial charge in [0.25, 0.3) is 0 Å². The highest BCUT2D eigenvalue weighted by atomic mass is 19.3. The van der Waals surface area contributed by atoms with Crippen LogP contribution in [0, 0.1) is 5.82 Å². The molecule has 0 aliphatic carbocycles. The number of nitrogens with zero attached hydrogens (tertiary/aromatic N) is 1. The van der Waals surface area contributed by atoms with E-state index in [-0.39, 0.29) is 5.56 Å². The van der Waals surface area contributed by atoms with Crippen molar-refractivity contribution in [3.05, 3.63) is 23.6 Å². The molecule has 17 heavy (non-hydrogen) atoms. The monoisotopic (exact) mass is 257 g/mol. The summed E-state index contributed by atoms with van der Waals surface area (Å²) in [6.07, 6.45) is -3.21. The highest BCUT2D eigenvalue weighted by Crippen LogP contribution is 2.25. The summed E-state index contributed by atoms with van der Waals surface area (Å²) in [5.74, 6) is -5.64. The zero-order valence-electron chi connectivity index (χ0n) is 8.34. The Morgan fingerprint density at radius 1 is 1.41 bits per heavy atom. The van der Waals surface area contributed by atoms with Gasteiger partial charge in [0, 0.05) is 5.56 Å². The molecule has 1 N–H and O–H groups in total. The maximum Gasteiger partial charge on any atom is 0.340 e. The van der Waals surface area contributed by atoms with E-state index >= 15 is 0 Å². The van der Waals surface area contributed by atoms with Crippen molar-refractivity contribution in [2.24, 2.45) is 0 Å². The average Bonchev–Trinajstić information content (AvgIpc) is 2.27. The molecule has 1 aromatic rings. The first kappa shape index (κ1) is 13.6. The predicted octanol–water partition coefficient (Wildman–Crippen LogP) is 1.99. The second-order valence-electron chi connectivity index (χ2n) is 3.13. The van der Waals surface area contributed by atoms with Crippen LogP contribution in [0.15, 0.2) is 12.3 Å². The Morgan fingerprint density at radius 3 is 2.59 bits per heavy atom. The number of hydrogen-bond acceptors (Lipinski definition) is 3. The summed E-state index contributed by atoms with van der Waals surface area (Å²) in [5, 5.41) is 8.76. The van der Waals surface area contributed by atoms with Crippen molar-refractivity contribution < 1.29 is 31.8 Å². The van der Waals surface area contributed by atoms with Crippen LogP contribution in [0.5, 0.6) is 5.88 Å². The molecule has 0 saturated heterocycles. The first-order chi connectivity index (χ1) is 7.86. The Labute approximate surface area is 92.8 Å². The van der Waals surface area contributed by atoms with Crippen LogP contribution in [0.4, 0.5) is 22.0 Å². The fourth-order valence-electron chi connectivity index (χ4n) is 0.939. The van der Waals surface area contributed by atoms with Gasteiger partial charge in [-0.3, -0.25) is 0 Å². The molecule has 0 aromatic carbocycles. The third kappa shape index (κ3) is 3.52. The first-order valence-electron chi connectivity index (χ1n) is 4.41. The molecule has 0 aliphatic heterocycles. The molecule has 0 spiro atoms. The lowest BCUT2D eigenvalue weighted by molar-refractivity contribution is -0.148. The van der Waals surface area contributed by atoms with Crippen LogP contribution < -0.4 is 4.74 Å². The topological polar surface area (TPSA) is 42.4 Å². The van der Waals surface area contributed by atoms with E-state index in [4.69, 9.17) is 5.11 Å². The largest absolute Gasteiger partial charge is 0.471 e. The number of hydrogen-bond donors (Lipinski definition) is 1. The Balaban J connectivity index is 2.76. The quantitative estimate of drug-likeness (QED) is 0.820. The third-order valence-corrected chi connectivity index (χ3v) is 1.78. The second-order valence-corrected chi connectivity index (χ2v) is 3.13. The van der Waals surface area contributed by atoms with Gasteiger partial charge in [-0.25, -0.2) is 18.2 Å². The molecule has 0 atom stereocenters. The maximum atomic E-state index is 12.6. The number of pyridine rings is 1. The van der Waals surface area contributed by atoms with Gasteiger partial charge >= 0.3 is 12.3 Å². The number of aliphatic hydroxyl groups is 1. The summed E-state index contributed by atoms with van der Waals surface area (Å²) in [4.78, 5) is 3.28. The molecular formula is C9H8F5NO2. The lowest BCUT2D eigenvalue weighted by Crippen LogP contribution is -2.34. The fourth-order valence-corrected chi connectivity index (χ4v) is 0.939. The number of rotatable bonds is 5. The molecule has 1 heterocycles. The molecule has 0 fully saturated rings. The van der Waals surface area contributed by atoms with Crippen LogP contribution in [0.2, 0.25) is 0 Å². The van der Waals surface area contributed by atoms with E-state index in [2.05, 4.69) is 9.72 Å². The molecule has 0 saturated carbocycles. The van der Waals surface area contributed by atoms with Gasteiger partial charge in [0.05, 0.1) is 12.8 Å². The minimum atomic E-state index is -4.33. The zero-order chi connectivity index (χ0) is 13.1. The highest BCUT2D eigenvalue weighted by Gasteiger charge is 2.42. The van der Waals surface area contributed by atoms with Gasteiger partial charge in [-0.2, -0.15) is 8.78 Å². The van der Waals surface area contributed by atoms with Crippen molar-refractivity contribution in [2.75, 3.05) is 6.61 Å². The van der Waals surface area contributed by atoms with Crippen molar-refractivity contribution in [2.45, 2.75) is 19.0 Å². The minimum absolute atomic E-state index is 0.199. The van der Waals surface area contributed by atoms with Crippen molar-refractivity contribution in [3.63, 3.8) is 0 Å². The molecule has 3 nitrogen and oxygen atoms in total. The van der Waals surface area contributed by atoms with E-state index in [1.54, 1.807) is 0 Å². The summed E-state index contributed by atoms with van der Waals surface area (Å²) in [6, 6.07) is 0.808. The number of ether oxygens (including phenoxy) is 1. The minimum Gasteiger partial charge on any atom is -0.471 e. The van der Waals surface area contributed by atoms with Gasteiger partial charge in [0.1, 0.15) is 5.82 Å². The summed E-state index contributed by atoms with van der Waals surface area (Å²) >= 11 is 0. The van der Waals surface area contributed by atoms with Crippen LogP contribution in [0.1, 0.15) is 5.56 Å². The molecule has 8 heteroatoms. The van der Waals surface area contributed by atoms with Gasteiger partial charge in [-0.1, -0.05) is 0 Å². The number of halogens is 5. The van der Waals surface area contributed by atoms with Crippen LogP contribution in [0.3, 0.4) is 0 Å². The van der Waals surface area contributed by atoms with Gasteiger partial charge in [0.15, 0.2) is 6.61 Å². The fraction of sp³-hybridized carbons (Fsp3) is 0.444. The molecule has 0 radical (unpaired) electrons. The van der Waals surface area contributed by atoms with Crippen molar-refractivity contribution in [1.29, 1.82) is 0 Å². The number of alkyl halides is 4. The smallest absolute Gasteiger partial charge is 0.340 e. The van der Waals surface area contributed by atoms with Gasteiger partial charge in [-0.15, -0.1) is 0 Å². The molecule has 1 rings (SSSR count). The number of aromatic nitrogens is 1. The molecular weight excluding hydrogens is 249 g/mol. The van der Waals surface area contributed by atoms with Crippen LogP contribution in [-0.4, -0.2) is 29.0 Å². The normalized spacial score (nSPS) is 11.9. The van der Waals surface area contributed by atoms with Crippen molar-refractivity contribution >= 4 is 0 Å². The third-order valence-electron chi connectivity index (χ3n) is 1.78. The van der Waals surface area contributed by atoms with E-state index < -0.39 is 37.3 Å². The van der Waals surface area contributed by atoms with Gasteiger partial charge < -0.3 is 9.84 Å². The van der Waals surface area contributed by atoms with E-state index in [1.807, 2.05) is 0 Å². The number of aliphatic hydroxyl groups excluding tert-OH is 1. The molecule has 1 aromatic heterocycles. The first-order valence-corrected chi connectivity index (χ1v) is 4.41.